The Balaban J connectivity index is 1.52. The number of sulfonamides is 1. The summed E-state index contributed by atoms with van der Waals surface area (Å²) in [6.45, 7) is 5.05. The molecule has 2 bridgehead atoms. The molecule has 8 nitrogen and oxygen atoms in total. The van der Waals surface area contributed by atoms with Crippen molar-refractivity contribution >= 4 is 15.9 Å². The van der Waals surface area contributed by atoms with Gasteiger partial charge in [0.25, 0.3) is 0 Å². The van der Waals surface area contributed by atoms with Crippen LogP contribution in [-0.2, 0) is 14.8 Å². The Kier molecular flexibility index (Phi) is 6.47. The number of piperazine rings is 1. The van der Waals surface area contributed by atoms with Crippen LogP contribution in [0.4, 0.5) is 0 Å². The van der Waals surface area contributed by atoms with Gasteiger partial charge in [-0.25, -0.2) is 8.42 Å². The fraction of sp³-hybridized carbons (Fsp3) is 0.944. The van der Waals surface area contributed by atoms with Crippen molar-refractivity contribution in [3.05, 3.63) is 0 Å². The molecule has 156 valence electrons. The summed E-state index contributed by atoms with van der Waals surface area (Å²) in [5, 5.41) is 10.7. The summed E-state index contributed by atoms with van der Waals surface area (Å²) in [6.07, 6.45) is 4.71. The molecule has 3 saturated heterocycles. The minimum atomic E-state index is -3.15. The molecule has 27 heavy (non-hydrogen) atoms. The molecule has 0 saturated carbocycles. The van der Waals surface area contributed by atoms with Gasteiger partial charge in [-0.3, -0.25) is 14.6 Å². The molecule has 9 heteroatoms. The Hall–Kier alpha value is -0.740. The standard InChI is InChI=1S/C18H34N4O4S/c1-2-12-27(25,26)21-10-8-20(9-11-21)13-16(23)14-22-15-4-3-6-18(22,7-5-15)17(19)24/h15-16,23H,2-14H2,1H3,(H2,19,24)/t15-,16?,18-/m1/s1. The number of carbonyl (C=O) groups is 1. The lowest BCUT2D eigenvalue weighted by molar-refractivity contribution is -0.132. The minimum absolute atomic E-state index is 0.196. The third kappa shape index (κ3) is 4.32. The van der Waals surface area contributed by atoms with Crippen LogP contribution < -0.4 is 5.73 Å². The first-order chi connectivity index (χ1) is 12.8. The fourth-order valence-corrected chi connectivity index (χ4v) is 6.62. The number of aliphatic hydroxyl groups is 1. The number of nitrogens with two attached hydrogens (primary N) is 1. The number of carbonyl (C=O) groups excluding carboxylic acids is 1. The Morgan fingerprint density at radius 2 is 1.89 bits per heavy atom. The Morgan fingerprint density at radius 1 is 1.19 bits per heavy atom. The lowest BCUT2D eigenvalue weighted by Crippen LogP contribution is -2.60. The highest BCUT2D eigenvalue weighted by Gasteiger charge is 2.52. The first-order valence-corrected chi connectivity index (χ1v) is 11.8. The Morgan fingerprint density at radius 3 is 2.52 bits per heavy atom. The van der Waals surface area contributed by atoms with Crippen LogP contribution in [-0.4, -0.2) is 96.2 Å². The van der Waals surface area contributed by atoms with Crippen LogP contribution in [0.15, 0.2) is 0 Å². The highest BCUT2D eigenvalue weighted by Crippen LogP contribution is 2.43. The van der Waals surface area contributed by atoms with E-state index in [1.165, 1.54) is 0 Å². The molecule has 1 amide bonds. The number of primary amides is 1. The molecular weight excluding hydrogens is 368 g/mol. The van der Waals surface area contributed by atoms with E-state index in [-0.39, 0.29) is 11.7 Å². The van der Waals surface area contributed by atoms with Crippen LogP contribution in [0.5, 0.6) is 0 Å². The lowest BCUT2D eigenvalue weighted by Gasteiger charge is -2.44. The second kappa shape index (κ2) is 8.32. The monoisotopic (exact) mass is 402 g/mol. The van der Waals surface area contributed by atoms with E-state index in [1.54, 1.807) is 4.31 Å². The average molecular weight is 403 g/mol. The molecular formula is C18H34N4O4S. The van der Waals surface area contributed by atoms with Crippen LogP contribution in [0.25, 0.3) is 0 Å². The van der Waals surface area contributed by atoms with E-state index in [9.17, 15) is 18.3 Å². The van der Waals surface area contributed by atoms with Crippen molar-refractivity contribution in [2.24, 2.45) is 5.73 Å². The molecule has 3 N–H and O–H groups in total. The smallest absolute Gasteiger partial charge is 0.237 e. The number of rotatable bonds is 8. The van der Waals surface area contributed by atoms with Crippen molar-refractivity contribution in [2.45, 2.75) is 63.1 Å². The topological polar surface area (TPSA) is 107 Å². The van der Waals surface area contributed by atoms with Gasteiger partial charge in [0.05, 0.1) is 11.9 Å². The van der Waals surface area contributed by atoms with Crippen molar-refractivity contribution < 1.29 is 18.3 Å². The number of hydrogen-bond acceptors (Lipinski definition) is 6. The summed E-state index contributed by atoms with van der Waals surface area (Å²) in [5.74, 6) is -0.0621. The molecule has 1 unspecified atom stereocenters. The summed E-state index contributed by atoms with van der Waals surface area (Å²) >= 11 is 0. The molecule has 0 aliphatic carbocycles. The molecule has 3 heterocycles. The second-order valence-corrected chi connectivity index (χ2v) is 10.4. The molecule has 3 aliphatic rings. The van der Waals surface area contributed by atoms with Crippen LogP contribution in [0.3, 0.4) is 0 Å². The number of β-amino-alcohol motifs (C(OH)–C–C–N with tert-alkyl or cyclic N) is 1. The fourth-order valence-electron chi connectivity index (χ4n) is 5.13. The summed E-state index contributed by atoms with van der Waals surface area (Å²) in [6, 6.07) is 0.344. The molecule has 0 aromatic rings. The summed E-state index contributed by atoms with van der Waals surface area (Å²) < 4.78 is 25.9. The van der Waals surface area contributed by atoms with Crippen molar-refractivity contribution in [3.8, 4) is 0 Å². The van der Waals surface area contributed by atoms with E-state index in [2.05, 4.69) is 9.80 Å². The van der Waals surface area contributed by atoms with E-state index in [0.717, 1.165) is 32.1 Å². The summed E-state index contributed by atoms with van der Waals surface area (Å²) in [4.78, 5) is 16.4. The van der Waals surface area contributed by atoms with Gasteiger partial charge in [-0.1, -0.05) is 6.92 Å². The normalized spacial score (nSPS) is 31.9. The van der Waals surface area contributed by atoms with Crippen LogP contribution in [0.1, 0.15) is 45.4 Å². The maximum Gasteiger partial charge on any atom is 0.237 e. The molecule has 3 rings (SSSR count). The highest BCUT2D eigenvalue weighted by molar-refractivity contribution is 7.89. The molecule has 0 spiro atoms. The third-order valence-electron chi connectivity index (χ3n) is 6.53. The van der Waals surface area contributed by atoms with Crippen LogP contribution in [0.2, 0.25) is 0 Å². The molecule has 0 aromatic heterocycles. The van der Waals surface area contributed by atoms with E-state index >= 15 is 0 Å². The molecule has 3 fully saturated rings. The Bertz CT molecular complexity index is 631. The number of amides is 1. The maximum atomic E-state index is 12.2. The van der Waals surface area contributed by atoms with Gasteiger partial charge in [-0.2, -0.15) is 4.31 Å². The largest absolute Gasteiger partial charge is 0.390 e. The number of nitrogens with zero attached hydrogens (tertiary/aromatic N) is 3. The summed E-state index contributed by atoms with van der Waals surface area (Å²) in [5.41, 5.74) is 5.16. The second-order valence-electron chi connectivity index (χ2n) is 8.30. The van der Waals surface area contributed by atoms with Gasteiger partial charge in [0.15, 0.2) is 0 Å². The van der Waals surface area contributed by atoms with Gasteiger partial charge < -0.3 is 10.8 Å². The highest BCUT2D eigenvalue weighted by atomic mass is 32.2. The zero-order valence-corrected chi connectivity index (χ0v) is 17.2. The van der Waals surface area contributed by atoms with Gasteiger partial charge in [0.2, 0.25) is 15.9 Å². The zero-order chi connectivity index (χ0) is 19.7. The SMILES string of the molecule is CCCS(=O)(=O)N1CCN(CC(O)CN2[C@@H]3CCC[C@]2(C(N)=O)CC3)CC1. The number of aliphatic hydroxyl groups excluding tert-OH is 1. The predicted octanol–water partition coefficient (Wildman–Crippen LogP) is -0.423. The summed E-state index contributed by atoms with van der Waals surface area (Å²) in [7, 11) is -3.15. The number of hydrogen-bond donors (Lipinski definition) is 2. The van der Waals surface area contributed by atoms with E-state index in [1.807, 2.05) is 6.92 Å². The lowest BCUT2D eigenvalue weighted by atomic mass is 9.87. The van der Waals surface area contributed by atoms with E-state index in [0.29, 0.717) is 51.7 Å². The van der Waals surface area contributed by atoms with Crippen LogP contribution >= 0.6 is 0 Å². The quantitative estimate of drug-likeness (QED) is 0.571. The first-order valence-electron chi connectivity index (χ1n) is 10.2. The molecule has 3 aliphatic heterocycles. The van der Waals surface area contributed by atoms with Gasteiger partial charge in [0, 0.05) is 45.3 Å². The van der Waals surface area contributed by atoms with Gasteiger partial charge in [-0.05, 0) is 38.5 Å². The molecule has 0 aromatic carbocycles. The predicted molar refractivity (Wildman–Crippen MR) is 104 cm³/mol. The van der Waals surface area contributed by atoms with Gasteiger partial charge in [-0.15, -0.1) is 0 Å². The van der Waals surface area contributed by atoms with Gasteiger partial charge in [0.1, 0.15) is 5.54 Å². The maximum absolute atomic E-state index is 12.2. The van der Waals surface area contributed by atoms with Crippen molar-refractivity contribution in [3.63, 3.8) is 0 Å². The molecule has 0 radical (unpaired) electrons. The van der Waals surface area contributed by atoms with Crippen molar-refractivity contribution in [1.29, 1.82) is 0 Å². The van der Waals surface area contributed by atoms with Gasteiger partial charge >= 0.3 is 0 Å². The van der Waals surface area contributed by atoms with E-state index in [4.69, 9.17) is 5.73 Å². The third-order valence-corrected chi connectivity index (χ3v) is 8.61. The molecule has 3 atom stereocenters. The van der Waals surface area contributed by atoms with Crippen molar-refractivity contribution in [2.75, 3.05) is 45.0 Å². The zero-order valence-electron chi connectivity index (χ0n) is 16.3. The Labute approximate surface area is 162 Å². The first kappa shape index (κ1) is 21.0. The number of piperidine rings is 1. The number of fused-ring (bicyclic) bond motifs is 2. The van der Waals surface area contributed by atoms with E-state index < -0.39 is 21.7 Å². The minimum Gasteiger partial charge on any atom is -0.390 e. The van der Waals surface area contributed by atoms with Crippen molar-refractivity contribution in [1.82, 2.24) is 14.1 Å². The average Bonchev–Trinajstić information content (AvgIpc) is 2.81. The van der Waals surface area contributed by atoms with Crippen LogP contribution in [0, 0.1) is 0 Å².